The summed E-state index contributed by atoms with van der Waals surface area (Å²) in [4.78, 5) is 8.97. The van der Waals surface area contributed by atoms with Crippen LogP contribution in [0.4, 0.5) is 5.13 Å². The van der Waals surface area contributed by atoms with Crippen LogP contribution in [-0.2, 0) is 5.41 Å². The zero-order valence-corrected chi connectivity index (χ0v) is 16.7. The number of nitrogens with zero attached hydrogens (tertiary/aromatic N) is 3. The number of hydrogen-bond donors (Lipinski definition) is 1. The van der Waals surface area contributed by atoms with Gasteiger partial charge in [-0.1, -0.05) is 32.9 Å². The quantitative estimate of drug-likeness (QED) is 0.841. The molecule has 6 heteroatoms. The van der Waals surface area contributed by atoms with Gasteiger partial charge in [0, 0.05) is 44.3 Å². The highest BCUT2D eigenvalue weighted by atomic mass is 32.1. The third-order valence-corrected chi connectivity index (χ3v) is 5.53. The van der Waals surface area contributed by atoms with E-state index in [0.717, 1.165) is 37.1 Å². The molecular formula is C20H29N3O2S. The summed E-state index contributed by atoms with van der Waals surface area (Å²) in [6.07, 6.45) is 1.37. The fourth-order valence-electron chi connectivity index (χ4n) is 3.09. The van der Waals surface area contributed by atoms with Crippen LogP contribution in [0.5, 0.6) is 5.75 Å². The second kappa shape index (κ2) is 8.37. The molecule has 1 atom stereocenters. The van der Waals surface area contributed by atoms with Gasteiger partial charge in [-0.25, -0.2) is 4.98 Å². The van der Waals surface area contributed by atoms with E-state index < -0.39 is 6.10 Å². The number of piperazine rings is 1. The first kappa shape index (κ1) is 19.1. The van der Waals surface area contributed by atoms with Gasteiger partial charge in [0.25, 0.3) is 0 Å². The highest BCUT2D eigenvalue weighted by Crippen LogP contribution is 2.24. The number of ether oxygens (including phenoxy) is 1. The Morgan fingerprint density at radius 2 is 1.85 bits per heavy atom. The van der Waals surface area contributed by atoms with E-state index in [1.54, 1.807) is 11.3 Å². The normalized spacial score (nSPS) is 17.3. The van der Waals surface area contributed by atoms with Crippen molar-refractivity contribution in [1.82, 2.24) is 9.88 Å². The van der Waals surface area contributed by atoms with E-state index in [9.17, 15) is 5.11 Å². The van der Waals surface area contributed by atoms with Crippen molar-refractivity contribution in [2.45, 2.75) is 32.3 Å². The van der Waals surface area contributed by atoms with E-state index in [1.165, 1.54) is 5.56 Å². The standard InChI is InChI=1S/C20H29N3O2S/c1-20(2,3)16-4-6-18(7-5-16)25-15-17(24)14-22-9-11-23(12-10-22)19-21-8-13-26-19/h4-8,13,17,24H,9-12,14-15H2,1-3H3/t17-/m1/s1. The summed E-state index contributed by atoms with van der Waals surface area (Å²) in [7, 11) is 0. The molecule has 1 saturated heterocycles. The highest BCUT2D eigenvalue weighted by Gasteiger charge is 2.21. The molecule has 0 saturated carbocycles. The molecule has 0 unspecified atom stereocenters. The topological polar surface area (TPSA) is 48.8 Å². The van der Waals surface area contributed by atoms with E-state index in [0.29, 0.717) is 13.2 Å². The molecule has 142 valence electrons. The number of aromatic nitrogens is 1. The first-order chi connectivity index (χ1) is 12.4. The summed E-state index contributed by atoms with van der Waals surface area (Å²) in [5.41, 5.74) is 1.42. The number of anilines is 1. The number of aliphatic hydroxyl groups is 1. The van der Waals surface area contributed by atoms with Crippen molar-refractivity contribution in [2.75, 3.05) is 44.2 Å². The fourth-order valence-corrected chi connectivity index (χ4v) is 3.78. The zero-order valence-electron chi connectivity index (χ0n) is 15.9. The molecular weight excluding hydrogens is 346 g/mol. The van der Waals surface area contributed by atoms with Crippen LogP contribution in [0.1, 0.15) is 26.3 Å². The number of hydrogen-bond acceptors (Lipinski definition) is 6. The third-order valence-electron chi connectivity index (χ3n) is 4.69. The lowest BCUT2D eigenvalue weighted by Crippen LogP contribution is -2.49. The largest absolute Gasteiger partial charge is 0.491 e. The van der Waals surface area contributed by atoms with Gasteiger partial charge in [0.05, 0.1) is 0 Å². The van der Waals surface area contributed by atoms with Gasteiger partial charge in [-0.2, -0.15) is 0 Å². The van der Waals surface area contributed by atoms with Gasteiger partial charge in [0.1, 0.15) is 18.5 Å². The Kier molecular flexibility index (Phi) is 6.16. The molecule has 0 radical (unpaired) electrons. The lowest BCUT2D eigenvalue weighted by molar-refractivity contribution is 0.0663. The summed E-state index contributed by atoms with van der Waals surface area (Å²) >= 11 is 1.68. The Labute approximate surface area is 160 Å². The monoisotopic (exact) mass is 375 g/mol. The van der Waals surface area contributed by atoms with Gasteiger partial charge in [0.15, 0.2) is 5.13 Å². The average Bonchev–Trinajstić information content (AvgIpc) is 3.15. The second-order valence-electron chi connectivity index (χ2n) is 7.84. The van der Waals surface area contributed by atoms with E-state index in [2.05, 4.69) is 47.7 Å². The maximum Gasteiger partial charge on any atom is 0.185 e. The summed E-state index contributed by atoms with van der Waals surface area (Å²) in [6, 6.07) is 8.17. The second-order valence-corrected chi connectivity index (χ2v) is 8.71. The van der Waals surface area contributed by atoms with E-state index >= 15 is 0 Å². The van der Waals surface area contributed by atoms with Gasteiger partial charge in [-0.05, 0) is 23.1 Å². The fraction of sp³-hybridized carbons (Fsp3) is 0.550. The number of benzene rings is 1. The maximum atomic E-state index is 10.3. The molecule has 2 aromatic rings. The molecule has 1 aliphatic rings. The minimum Gasteiger partial charge on any atom is -0.491 e. The molecule has 0 amide bonds. The molecule has 2 heterocycles. The molecule has 0 aliphatic carbocycles. The van der Waals surface area contributed by atoms with Crippen LogP contribution in [-0.4, -0.2) is 60.4 Å². The molecule has 0 bridgehead atoms. The van der Waals surface area contributed by atoms with Crippen molar-refractivity contribution in [3.05, 3.63) is 41.4 Å². The van der Waals surface area contributed by atoms with Crippen LogP contribution in [0.3, 0.4) is 0 Å². The molecule has 5 nitrogen and oxygen atoms in total. The number of thiazole rings is 1. The third kappa shape index (κ3) is 5.19. The lowest BCUT2D eigenvalue weighted by atomic mass is 9.87. The van der Waals surface area contributed by atoms with Crippen molar-refractivity contribution in [1.29, 1.82) is 0 Å². The molecule has 1 fully saturated rings. The van der Waals surface area contributed by atoms with Crippen molar-refractivity contribution in [3.8, 4) is 5.75 Å². The zero-order chi connectivity index (χ0) is 18.6. The van der Waals surface area contributed by atoms with Crippen molar-refractivity contribution < 1.29 is 9.84 Å². The Balaban J connectivity index is 1.40. The Hall–Kier alpha value is -1.63. The van der Waals surface area contributed by atoms with Crippen molar-refractivity contribution in [3.63, 3.8) is 0 Å². The van der Waals surface area contributed by atoms with Gasteiger partial charge >= 0.3 is 0 Å². The van der Waals surface area contributed by atoms with Crippen LogP contribution in [0.2, 0.25) is 0 Å². The lowest BCUT2D eigenvalue weighted by Gasteiger charge is -2.35. The van der Waals surface area contributed by atoms with Gasteiger partial charge < -0.3 is 14.7 Å². The summed E-state index contributed by atoms with van der Waals surface area (Å²) < 4.78 is 5.76. The average molecular weight is 376 g/mol. The summed E-state index contributed by atoms with van der Waals surface area (Å²) in [5.74, 6) is 0.811. The Bertz CT molecular complexity index is 659. The molecule has 1 aromatic carbocycles. The van der Waals surface area contributed by atoms with Crippen LogP contribution >= 0.6 is 11.3 Å². The molecule has 26 heavy (non-hydrogen) atoms. The van der Waals surface area contributed by atoms with Crippen molar-refractivity contribution >= 4 is 16.5 Å². The number of β-amino-alcohol motifs (C(OH)–C–C–N with tert-alkyl or cyclic N) is 1. The number of rotatable bonds is 6. The van der Waals surface area contributed by atoms with Gasteiger partial charge in [-0.15, -0.1) is 11.3 Å². The minimum absolute atomic E-state index is 0.138. The van der Waals surface area contributed by atoms with E-state index in [-0.39, 0.29) is 5.41 Å². The predicted molar refractivity (Wildman–Crippen MR) is 107 cm³/mol. The maximum absolute atomic E-state index is 10.3. The van der Waals surface area contributed by atoms with Crippen molar-refractivity contribution in [2.24, 2.45) is 0 Å². The van der Waals surface area contributed by atoms with Crippen LogP contribution in [0.25, 0.3) is 0 Å². The Morgan fingerprint density at radius 1 is 1.15 bits per heavy atom. The molecule has 3 rings (SSSR count). The smallest absolute Gasteiger partial charge is 0.185 e. The SMILES string of the molecule is CC(C)(C)c1ccc(OC[C@H](O)CN2CCN(c3nccs3)CC2)cc1. The van der Waals surface area contributed by atoms with Crippen LogP contribution < -0.4 is 9.64 Å². The van der Waals surface area contributed by atoms with Crippen LogP contribution in [0.15, 0.2) is 35.8 Å². The molecule has 1 N–H and O–H groups in total. The highest BCUT2D eigenvalue weighted by molar-refractivity contribution is 7.13. The number of aliphatic hydroxyl groups excluding tert-OH is 1. The summed E-state index contributed by atoms with van der Waals surface area (Å²) in [5, 5.41) is 13.4. The Morgan fingerprint density at radius 3 is 2.42 bits per heavy atom. The first-order valence-corrected chi connectivity index (χ1v) is 10.1. The minimum atomic E-state index is -0.483. The molecule has 1 aliphatic heterocycles. The van der Waals surface area contributed by atoms with E-state index in [1.807, 2.05) is 23.7 Å². The van der Waals surface area contributed by atoms with Gasteiger partial charge in [-0.3, -0.25) is 4.90 Å². The predicted octanol–water partition coefficient (Wildman–Crippen LogP) is 3.00. The van der Waals surface area contributed by atoms with E-state index in [4.69, 9.17) is 4.74 Å². The molecule has 0 spiro atoms. The first-order valence-electron chi connectivity index (χ1n) is 9.20. The molecule has 1 aromatic heterocycles. The van der Waals surface area contributed by atoms with Gasteiger partial charge in [0.2, 0.25) is 0 Å². The summed E-state index contributed by atoms with van der Waals surface area (Å²) in [6.45, 7) is 11.3. The van der Waals surface area contributed by atoms with Crippen LogP contribution in [0, 0.1) is 0 Å².